The topological polar surface area (TPSA) is 79.3 Å². The first-order chi connectivity index (χ1) is 9.44. The number of anilines is 1. The van der Waals surface area contributed by atoms with Gasteiger partial charge >= 0.3 is 0 Å². The second-order valence-electron chi connectivity index (χ2n) is 4.50. The number of aliphatic hydroxyl groups is 1. The van der Waals surface area contributed by atoms with Crippen molar-refractivity contribution in [2.75, 3.05) is 4.72 Å². The van der Waals surface area contributed by atoms with Gasteiger partial charge in [-0.15, -0.1) is 0 Å². The number of aromatic nitrogens is 1. The minimum Gasteiger partial charge on any atom is -0.392 e. The van der Waals surface area contributed by atoms with Gasteiger partial charge in [-0.25, -0.2) is 8.42 Å². The first-order valence-corrected chi connectivity index (χ1v) is 7.57. The zero-order valence-electron chi connectivity index (χ0n) is 11.3. The fourth-order valence-electron chi connectivity index (χ4n) is 1.82. The van der Waals surface area contributed by atoms with E-state index in [4.69, 9.17) is 5.11 Å². The Labute approximate surface area is 118 Å². The van der Waals surface area contributed by atoms with E-state index in [0.717, 1.165) is 0 Å². The van der Waals surface area contributed by atoms with Gasteiger partial charge in [-0.1, -0.05) is 12.1 Å². The minimum atomic E-state index is -3.70. The lowest BCUT2D eigenvalue weighted by molar-refractivity contribution is 0.281. The number of nitrogens with one attached hydrogen (secondary N) is 1. The van der Waals surface area contributed by atoms with Crippen LogP contribution in [0, 0.1) is 13.8 Å². The Hall–Kier alpha value is -1.92. The molecule has 0 saturated carbocycles. The molecule has 2 rings (SSSR count). The molecular formula is C14H16N2O3S. The van der Waals surface area contributed by atoms with E-state index in [2.05, 4.69) is 9.71 Å². The van der Waals surface area contributed by atoms with Gasteiger partial charge in [0.2, 0.25) is 0 Å². The second-order valence-corrected chi connectivity index (χ2v) is 6.15. The van der Waals surface area contributed by atoms with Gasteiger partial charge in [-0.2, -0.15) is 0 Å². The summed E-state index contributed by atoms with van der Waals surface area (Å²) >= 11 is 0. The van der Waals surface area contributed by atoms with Gasteiger partial charge in [0, 0.05) is 6.20 Å². The highest BCUT2D eigenvalue weighted by Gasteiger charge is 2.18. The van der Waals surface area contributed by atoms with Crippen LogP contribution in [0.4, 0.5) is 5.69 Å². The van der Waals surface area contributed by atoms with E-state index in [9.17, 15) is 8.42 Å². The number of hydrogen-bond acceptors (Lipinski definition) is 4. The lowest BCUT2D eigenvalue weighted by atomic mass is 10.2. The molecule has 0 unspecified atom stereocenters. The molecule has 5 nitrogen and oxygen atoms in total. The molecule has 0 fully saturated rings. The first kappa shape index (κ1) is 14.5. The van der Waals surface area contributed by atoms with E-state index in [1.807, 2.05) is 0 Å². The molecule has 0 atom stereocenters. The molecule has 0 amide bonds. The summed E-state index contributed by atoms with van der Waals surface area (Å²) in [4.78, 5) is 4.21. The Morgan fingerprint density at radius 3 is 2.65 bits per heavy atom. The molecule has 0 aliphatic rings. The highest BCUT2D eigenvalue weighted by Crippen LogP contribution is 2.21. The van der Waals surface area contributed by atoms with Crippen LogP contribution in [0.25, 0.3) is 0 Å². The number of sulfonamides is 1. The van der Waals surface area contributed by atoms with Crippen LogP contribution in [0.15, 0.2) is 41.4 Å². The Balaban J connectivity index is 2.43. The quantitative estimate of drug-likeness (QED) is 0.903. The molecule has 0 spiro atoms. The highest BCUT2D eigenvalue weighted by atomic mass is 32.2. The van der Waals surface area contributed by atoms with Crippen LogP contribution >= 0.6 is 0 Å². The predicted molar refractivity (Wildman–Crippen MR) is 76.9 cm³/mol. The van der Waals surface area contributed by atoms with Crippen molar-refractivity contribution in [3.8, 4) is 0 Å². The molecular weight excluding hydrogens is 276 g/mol. The van der Waals surface area contributed by atoms with Crippen LogP contribution in [0.5, 0.6) is 0 Å². The minimum absolute atomic E-state index is 0.160. The molecule has 2 N–H and O–H groups in total. The van der Waals surface area contributed by atoms with Crippen molar-refractivity contribution >= 4 is 15.7 Å². The summed E-state index contributed by atoms with van der Waals surface area (Å²) in [5.74, 6) is 0. The average molecular weight is 292 g/mol. The van der Waals surface area contributed by atoms with Crippen molar-refractivity contribution < 1.29 is 13.5 Å². The largest absolute Gasteiger partial charge is 0.392 e. The summed E-state index contributed by atoms with van der Waals surface area (Å²) in [6.07, 6.45) is 1.60. The van der Waals surface area contributed by atoms with Crippen LogP contribution in [-0.2, 0) is 16.6 Å². The molecule has 1 heterocycles. The smallest absolute Gasteiger partial charge is 0.262 e. The molecule has 0 radical (unpaired) electrons. The number of aryl methyl sites for hydroxylation is 2. The van der Waals surface area contributed by atoms with Gasteiger partial charge in [0.1, 0.15) is 0 Å². The third kappa shape index (κ3) is 2.97. The molecule has 1 aromatic heterocycles. The van der Waals surface area contributed by atoms with Gasteiger partial charge in [-0.3, -0.25) is 9.71 Å². The van der Waals surface area contributed by atoms with Crippen LogP contribution in [0.2, 0.25) is 0 Å². The fraction of sp³-hybridized carbons (Fsp3) is 0.214. The van der Waals surface area contributed by atoms with E-state index in [1.165, 1.54) is 6.07 Å². The van der Waals surface area contributed by atoms with E-state index in [-0.39, 0.29) is 11.5 Å². The SMILES string of the molecule is Cc1ccc(CO)cc1S(=O)(=O)Nc1cccnc1C. The normalized spacial score (nSPS) is 11.3. The predicted octanol–water partition coefficient (Wildman–Crippen LogP) is 1.99. The van der Waals surface area contributed by atoms with E-state index in [1.54, 1.807) is 44.3 Å². The summed E-state index contributed by atoms with van der Waals surface area (Å²) in [5.41, 5.74) is 2.23. The molecule has 106 valence electrons. The highest BCUT2D eigenvalue weighted by molar-refractivity contribution is 7.92. The Morgan fingerprint density at radius 1 is 1.25 bits per heavy atom. The number of aliphatic hydroxyl groups excluding tert-OH is 1. The summed E-state index contributed by atoms with van der Waals surface area (Å²) in [5, 5.41) is 9.13. The summed E-state index contributed by atoms with van der Waals surface area (Å²) in [6.45, 7) is 3.25. The van der Waals surface area contributed by atoms with Crippen molar-refractivity contribution in [1.82, 2.24) is 4.98 Å². The van der Waals surface area contributed by atoms with Crippen molar-refractivity contribution in [2.24, 2.45) is 0 Å². The maximum Gasteiger partial charge on any atom is 0.262 e. The summed E-state index contributed by atoms with van der Waals surface area (Å²) in [6, 6.07) is 8.18. The molecule has 6 heteroatoms. The molecule has 20 heavy (non-hydrogen) atoms. The number of pyridine rings is 1. The maximum absolute atomic E-state index is 12.4. The lowest BCUT2D eigenvalue weighted by Crippen LogP contribution is -2.15. The van der Waals surface area contributed by atoms with E-state index >= 15 is 0 Å². The third-order valence-corrected chi connectivity index (χ3v) is 4.48. The van der Waals surface area contributed by atoms with Gasteiger partial charge in [-0.05, 0) is 43.2 Å². The summed E-state index contributed by atoms with van der Waals surface area (Å²) in [7, 11) is -3.70. The van der Waals surface area contributed by atoms with Crippen LogP contribution in [0.3, 0.4) is 0 Å². The van der Waals surface area contributed by atoms with Crippen LogP contribution < -0.4 is 4.72 Å². The third-order valence-electron chi connectivity index (χ3n) is 2.98. The first-order valence-electron chi connectivity index (χ1n) is 6.09. The molecule has 0 saturated heterocycles. The Kier molecular flexibility index (Phi) is 4.06. The Bertz CT molecular complexity index is 727. The zero-order valence-corrected chi connectivity index (χ0v) is 12.1. The average Bonchev–Trinajstić information content (AvgIpc) is 2.41. The standard InChI is InChI=1S/C14H16N2O3S/c1-10-5-6-12(9-17)8-14(10)20(18,19)16-13-4-3-7-15-11(13)2/h3-8,16-17H,9H2,1-2H3. The monoisotopic (exact) mass is 292 g/mol. The van der Waals surface area contributed by atoms with Crippen molar-refractivity contribution in [3.63, 3.8) is 0 Å². The number of hydrogen-bond donors (Lipinski definition) is 2. The maximum atomic E-state index is 12.4. The van der Waals surface area contributed by atoms with Gasteiger partial charge in [0.05, 0.1) is 22.9 Å². The van der Waals surface area contributed by atoms with Gasteiger partial charge in [0.15, 0.2) is 0 Å². The van der Waals surface area contributed by atoms with Crippen LogP contribution in [-0.4, -0.2) is 18.5 Å². The second kappa shape index (κ2) is 5.60. The van der Waals surface area contributed by atoms with E-state index in [0.29, 0.717) is 22.5 Å². The molecule has 2 aromatic rings. The van der Waals surface area contributed by atoms with Crippen molar-refractivity contribution in [1.29, 1.82) is 0 Å². The molecule has 0 bridgehead atoms. The number of benzene rings is 1. The summed E-state index contributed by atoms with van der Waals surface area (Å²) < 4.78 is 27.4. The van der Waals surface area contributed by atoms with Crippen LogP contribution in [0.1, 0.15) is 16.8 Å². The lowest BCUT2D eigenvalue weighted by Gasteiger charge is -2.12. The molecule has 1 aromatic carbocycles. The molecule has 0 aliphatic heterocycles. The molecule has 0 aliphatic carbocycles. The van der Waals surface area contributed by atoms with Crippen molar-refractivity contribution in [3.05, 3.63) is 53.3 Å². The Morgan fingerprint density at radius 2 is 2.00 bits per heavy atom. The van der Waals surface area contributed by atoms with Gasteiger partial charge < -0.3 is 5.11 Å². The fourth-order valence-corrected chi connectivity index (χ4v) is 3.24. The zero-order chi connectivity index (χ0) is 14.8. The number of rotatable bonds is 4. The van der Waals surface area contributed by atoms with Crippen molar-refractivity contribution in [2.45, 2.75) is 25.3 Å². The van der Waals surface area contributed by atoms with E-state index < -0.39 is 10.0 Å². The number of nitrogens with zero attached hydrogens (tertiary/aromatic N) is 1. The van der Waals surface area contributed by atoms with Gasteiger partial charge in [0.25, 0.3) is 10.0 Å².